The van der Waals surface area contributed by atoms with Crippen molar-refractivity contribution in [3.63, 3.8) is 0 Å². The summed E-state index contributed by atoms with van der Waals surface area (Å²) in [6.07, 6.45) is 0. The van der Waals surface area contributed by atoms with Crippen molar-refractivity contribution < 1.29 is 9.53 Å². The number of amides is 1. The molecule has 1 aromatic heterocycles. The van der Waals surface area contributed by atoms with E-state index in [9.17, 15) is 4.79 Å². The van der Waals surface area contributed by atoms with E-state index in [1.54, 1.807) is 28.9 Å². The van der Waals surface area contributed by atoms with Crippen LogP contribution in [0.3, 0.4) is 0 Å². The predicted octanol–water partition coefficient (Wildman–Crippen LogP) is 5.95. The number of hydrogen-bond donors (Lipinski definition) is 1. The van der Waals surface area contributed by atoms with Crippen LogP contribution in [-0.2, 0) is 0 Å². The molecule has 1 N–H and O–H groups in total. The third kappa shape index (κ3) is 4.44. The summed E-state index contributed by atoms with van der Waals surface area (Å²) in [4.78, 5) is 12.9. The third-order valence-corrected chi connectivity index (χ3v) is 4.99. The Hall–Kier alpha value is -3.38. The largest absolute Gasteiger partial charge is 0.494 e. The smallest absolute Gasteiger partial charge is 0.256 e. The molecule has 5 nitrogen and oxygen atoms in total. The first-order valence-corrected chi connectivity index (χ1v) is 10.4. The zero-order valence-corrected chi connectivity index (χ0v) is 18.0. The molecular formula is C24H20BrN3O2. The molecule has 0 unspecified atom stereocenters. The van der Waals surface area contributed by atoms with E-state index in [0.29, 0.717) is 18.0 Å². The van der Waals surface area contributed by atoms with Gasteiger partial charge in [0.1, 0.15) is 11.6 Å². The molecule has 0 bridgehead atoms. The highest BCUT2D eigenvalue weighted by molar-refractivity contribution is 9.10. The summed E-state index contributed by atoms with van der Waals surface area (Å²) in [5.41, 5.74) is 3.13. The van der Waals surface area contributed by atoms with Crippen LogP contribution in [0.4, 0.5) is 5.82 Å². The lowest BCUT2D eigenvalue weighted by Gasteiger charge is -2.09. The van der Waals surface area contributed by atoms with Crippen LogP contribution in [0.25, 0.3) is 16.9 Å². The minimum absolute atomic E-state index is 0.212. The van der Waals surface area contributed by atoms with Gasteiger partial charge >= 0.3 is 0 Å². The standard InChI is InChI=1S/C24H20BrN3O2/c1-2-30-21-13-11-17(12-14-21)24(29)26-23-16-22(18-7-6-8-19(25)15-18)27-28(23)20-9-4-3-5-10-20/h3-16H,2H2,1H3,(H,26,29). The number of carbonyl (C=O) groups excluding carboxylic acids is 1. The monoisotopic (exact) mass is 461 g/mol. The van der Waals surface area contributed by atoms with Crippen LogP contribution in [0.5, 0.6) is 5.75 Å². The van der Waals surface area contributed by atoms with E-state index in [2.05, 4.69) is 21.2 Å². The fourth-order valence-corrected chi connectivity index (χ4v) is 3.48. The van der Waals surface area contributed by atoms with E-state index in [1.165, 1.54) is 0 Å². The van der Waals surface area contributed by atoms with Gasteiger partial charge in [0.15, 0.2) is 0 Å². The van der Waals surface area contributed by atoms with Crippen LogP contribution in [0.1, 0.15) is 17.3 Å². The number of rotatable bonds is 6. The summed E-state index contributed by atoms with van der Waals surface area (Å²) in [5, 5.41) is 7.73. The lowest BCUT2D eigenvalue weighted by Crippen LogP contribution is -2.15. The molecule has 0 aliphatic rings. The Morgan fingerprint density at radius 1 is 1.00 bits per heavy atom. The molecule has 4 aromatic rings. The zero-order chi connectivity index (χ0) is 20.9. The molecule has 1 amide bonds. The average molecular weight is 462 g/mol. The topological polar surface area (TPSA) is 56.1 Å². The SMILES string of the molecule is CCOc1ccc(C(=O)Nc2cc(-c3cccc(Br)c3)nn2-c2ccccc2)cc1. The first kappa shape index (κ1) is 19.9. The molecule has 0 aliphatic heterocycles. The highest BCUT2D eigenvalue weighted by atomic mass is 79.9. The highest BCUT2D eigenvalue weighted by Gasteiger charge is 2.15. The van der Waals surface area contributed by atoms with Crippen molar-refractivity contribution in [2.24, 2.45) is 0 Å². The Morgan fingerprint density at radius 3 is 2.47 bits per heavy atom. The number of anilines is 1. The maximum absolute atomic E-state index is 12.9. The molecule has 3 aromatic carbocycles. The van der Waals surface area contributed by atoms with Gasteiger partial charge in [0.2, 0.25) is 0 Å². The third-order valence-electron chi connectivity index (χ3n) is 4.50. The van der Waals surface area contributed by atoms with Crippen molar-refractivity contribution in [1.82, 2.24) is 9.78 Å². The fourth-order valence-electron chi connectivity index (χ4n) is 3.08. The average Bonchev–Trinajstić information content (AvgIpc) is 3.19. The highest BCUT2D eigenvalue weighted by Crippen LogP contribution is 2.27. The van der Waals surface area contributed by atoms with Gasteiger partial charge in [0.05, 0.1) is 18.0 Å². The molecule has 0 saturated carbocycles. The molecule has 0 fully saturated rings. The van der Waals surface area contributed by atoms with Gasteiger partial charge in [-0.15, -0.1) is 0 Å². The van der Waals surface area contributed by atoms with Crippen molar-refractivity contribution in [2.45, 2.75) is 6.92 Å². The van der Waals surface area contributed by atoms with E-state index in [1.807, 2.05) is 67.6 Å². The van der Waals surface area contributed by atoms with E-state index in [4.69, 9.17) is 9.84 Å². The zero-order valence-electron chi connectivity index (χ0n) is 16.4. The number of halogens is 1. The quantitative estimate of drug-likeness (QED) is 0.385. The molecule has 0 saturated heterocycles. The molecule has 30 heavy (non-hydrogen) atoms. The molecule has 150 valence electrons. The van der Waals surface area contributed by atoms with Gasteiger partial charge in [-0.3, -0.25) is 4.79 Å². The summed E-state index contributed by atoms with van der Waals surface area (Å²) < 4.78 is 8.15. The normalized spacial score (nSPS) is 10.6. The Bertz CT molecular complexity index is 1150. The second kappa shape index (κ2) is 8.97. The second-order valence-corrected chi connectivity index (χ2v) is 7.50. The van der Waals surface area contributed by atoms with Crippen LogP contribution in [0, 0.1) is 0 Å². The van der Waals surface area contributed by atoms with Gasteiger partial charge in [-0.2, -0.15) is 5.10 Å². The molecule has 6 heteroatoms. The first-order valence-electron chi connectivity index (χ1n) is 9.59. The van der Waals surface area contributed by atoms with Crippen molar-refractivity contribution >= 4 is 27.7 Å². The summed E-state index contributed by atoms with van der Waals surface area (Å²) in [7, 11) is 0. The number of carbonyl (C=O) groups is 1. The second-order valence-electron chi connectivity index (χ2n) is 6.58. The fraction of sp³-hybridized carbons (Fsp3) is 0.0833. The number of nitrogens with zero attached hydrogens (tertiary/aromatic N) is 2. The van der Waals surface area contributed by atoms with E-state index >= 15 is 0 Å². The number of ether oxygens (including phenoxy) is 1. The lowest BCUT2D eigenvalue weighted by molar-refractivity contribution is 0.102. The number of hydrogen-bond acceptors (Lipinski definition) is 3. The van der Waals surface area contributed by atoms with Crippen LogP contribution in [0.15, 0.2) is 89.4 Å². The Morgan fingerprint density at radius 2 is 1.77 bits per heavy atom. The molecular weight excluding hydrogens is 442 g/mol. The van der Waals surface area contributed by atoms with Crippen LogP contribution < -0.4 is 10.1 Å². The Kier molecular flexibility index (Phi) is 5.95. The number of aromatic nitrogens is 2. The molecule has 0 atom stereocenters. The van der Waals surface area contributed by atoms with E-state index in [0.717, 1.165) is 27.2 Å². The van der Waals surface area contributed by atoms with Gasteiger partial charge in [0.25, 0.3) is 5.91 Å². The van der Waals surface area contributed by atoms with Gasteiger partial charge in [-0.25, -0.2) is 4.68 Å². The van der Waals surface area contributed by atoms with Crippen molar-refractivity contribution in [2.75, 3.05) is 11.9 Å². The lowest BCUT2D eigenvalue weighted by atomic mass is 10.1. The molecule has 1 heterocycles. The van der Waals surface area contributed by atoms with Crippen LogP contribution in [0.2, 0.25) is 0 Å². The van der Waals surface area contributed by atoms with E-state index < -0.39 is 0 Å². The van der Waals surface area contributed by atoms with Crippen molar-refractivity contribution in [3.05, 3.63) is 95.0 Å². The summed E-state index contributed by atoms with van der Waals surface area (Å²) in [5.74, 6) is 1.12. The number of benzene rings is 3. The number of para-hydroxylation sites is 1. The maximum atomic E-state index is 12.9. The number of nitrogens with one attached hydrogen (secondary N) is 1. The van der Waals surface area contributed by atoms with Gasteiger partial charge < -0.3 is 10.1 Å². The Labute approximate surface area is 183 Å². The van der Waals surface area contributed by atoms with E-state index in [-0.39, 0.29) is 5.91 Å². The molecule has 4 rings (SSSR count). The summed E-state index contributed by atoms with van der Waals surface area (Å²) >= 11 is 3.50. The van der Waals surface area contributed by atoms with Gasteiger partial charge in [-0.1, -0.05) is 46.3 Å². The van der Waals surface area contributed by atoms with Crippen molar-refractivity contribution in [3.8, 4) is 22.7 Å². The predicted molar refractivity (Wildman–Crippen MR) is 122 cm³/mol. The first-order chi connectivity index (χ1) is 14.6. The minimum Gasteiger partial charge on any atom is -0.494 e. The summed E-state index contributed by atoms with van der Waals surface area (Å²) in [6, 6.07) is 26.6. The van der Waals surface area contributed by atoms with Crippen molar-refractivity contribution in [1.29, 1.82) is 0 Å². The van der Waals surface area contributed by atoms with Crippen LogP contribution in [-0.4, -0.2) is 22.3 Å². The molecule has 0 spiro atoms. The maximum Gasteiger partial charge on any atom is 0.256 e. The summed E-state index contributed by atoms with van der Waals surface area (Å²) in [6.45, 7) is 2.51. The molecule has 0 aliphatic carbocycles. The minimum atomic E-state index is -0.212. The Balaban J connectivity index is 1.68. The van der Waals surface area contributed by atoms with Crippen LogP contribution >= 0.6 is 15.9 Å². The van der Waals surface area contributed by atoms with Gasteiger partial charge in [-0.05, 0) is 55.5 Å². The molecule has 0 radical (unpaired) electrons. The van der Waals surface area contributed by atoms with Gasteiger partial charge in [0, 0.05) is 21.7 Å².